The Hall–Kier alpha value is -7.74. The van der Waals surface area contributed by atoms with E-state index in [4.69, 9.17) is 0 Å². The lowest BCUT2D eigenvalue weighted by molar-refractivity contribution is 0.768. The third-order valence-electron chi connectivity index (χ3n) is 12.9. The van der Waals surface area contributed by atoms with Crippen molar-refractivity contribution < 1.29 is 0 Å². The van der Waals surface area contributed by atoms with Gasteiger partial charge >= 0.3 is 0 Å². The zero-order chi connectivity index (χ0) is 39.6. The van der Waals surface area contributed by atoms with Gasteiger partial charge in [0.15, 0.2) is 0 Å². The fourth-order valence-electron chi connectivity index (χ4n) is 10.4. The first-order chi connectivity index (χ1) is 29.8. The van der Waals surface area contributed by atoms with E-state index in [1.807, 2.05) is 0 Å². The monoisotopic (exact) mass is 761 g/mol. The molecule has 2 aliphatic rings. The second-order valence-electron chi connectivity index (χ2n) is 15.9. The minimum Gasteiger partial charge on any atom is -0.309 e. The highest BCUT2D eigenvalue weighted by molar-refractivity contribution is 6.19. The molecule has 0 saturated heterocycles. The van der Waals surface area contributed by atoms with Crippen molar-refractivity contribution in [3.63, 3.8) is 0 Å². The number of hydrogen-bond acceptors (Lipinski definition) is 1. The maximum atomic E-state index is 2.52. The van der Waals surface area contributed by atoms with Crippen molar-refractivity contribution in [1.82, 2.24) is 0 Å². The summed E-state index contributed by atoms with van der Waals surface area (Å²) in [6.07, 6.45) is 0. The number of nitrogens with zero attached hydrogens (tertiary/aromatic N) is 1. The van der Waals surface area contributed by atoms with E-state index in [0.717, 1.165) is 17.1 Å². The smallest absolute Gasteiger partial charge is 0.0714 e. The van der Waals surface area contributed by atoms with E-state index in [1.165, 1.54) is 88.7 Å². The van der Waals surface area contributed by atoms with E-state index in [2.05, 4.69) is 241 Å². The van der Waals surface area contributed by atoms with Crippen LogP contribution in [-0.2, 0) is 5.41 Å². The highest BCUT2D eigenvalue weighted by Crippen LogP contribution is 2.60. The van der Waals surface area contributed by atoms with Gasteiger partial charge in [0.2, 0.25) is 0 Å². The molecule has 12 rings (SSSR count). The molecule has 60 heavy (non-hydrogen) atoms. The summed E-state index contributed by atoms with van der Waals surface area (Å²) in [6.45, 7) is 0. The molecule has 280 valence electrons. The van der Waals surface area contributed by atoms with Crippen molar-refractivity contribution >= 4 is 27.8 Å². The standard InChI is InChI=1S/C59H39N/c1-4-18-40(19-5-1)41-34-36-44(37-35-41)60(55-32-15-13-26-48(55)47-38-39-51-46-25-11-10-24-45(46)49-28-16-29-50(47)57(49)51)56-33-17-31-54-58(56)52-27-12-14-30-53(52)59(54,42-20-6-2-7-21-42)43-22-8-3-9-23-43/h1-39H. The van der Waals surface area contributed by atoms with Crippen LogP contribution < -0.4 is 4.90 Å². The highest BCUT2D eigenvalue weighted by atomic mass is 15.1. The van der Waals surface area contributed by atoms with Gasteiger partial charge in [-0.25, -0.2) is 0 Å². The quantitative estimate of drug-likeness (QED) is 0.156. The van der Waals surface area contributed by atoms with Gasteiger partial charge in [0.25, 0.3) is 0 Å². The van der Waals surface area contributed by atoms with Gasteiger partial charge in [0, 0.05) is 16.8 Å². The molecule has 1 nitrogen and oxygen atoms in total. The third kappa shape index (κ3) is 4.99. The maximum Gasteiger partial charge on any atom is 0.0714 e. The van der Waals surface area contributed by atoms with Crippen molar-refractivity contribution in [3.8, 4) is 55.6 Å². The average molecular weight is 762 g/mol. The molecule has 0 atom stereocenters. The molecule has 0 aromatic heterocycles. The fraction of sp³-hybridized carbons (Fsp3) is 0.0169. The van der Waals surface area contributed by atoms with E-state index >= 15 is 0 Å². The number of para-hydroxylation sites is 1. The Kier molecular flexibility index (Phi) is 7.83. The second kappa shape index (κ2) is 13.7. The van der Waals surface area contributed by atoms with Gasteiger partial charge < -0.3 is 4.90 Å². The van der Waals surface area contributed by atoms with Crippen LogP contribution in [0, 0.1) is 0 Å². The molecule has 10 aromatic rings. The highest BCUT2D eigenvalue weighted by Gasteiger charge is 2.47. The zero-order valence-electron chi connectivity index (χ0n) is 33.0. The number of anilines is 3. The van der Waals surface area contributed by atoms with Crippen molar-refractivity contribution in [2.24, 2.45) is 0 Å². The molecule has 0 aliphatic heterocycles. The first-order valence-electron chi connectivity index (χ1n) is 20.9. The molecule has 0 amide bonds. The molecule has 1 heteroatoms. The number of benzene rings is 10. The summed E-state index contributed by atoms with van der Waals surface area (Å²) in [5.41, 5.74) is 20.5. The molecular formula is C59H39N. The Labute approximate surface area is 351 Å². The molecule has 0 heterocycles. The van der Waals surface area contributed by atoms with Gasteiger partial charge in [-0.15, -0.1) is 0 Å². The summed E-state index contributed by atoms with van der Waals surface area (Å²) in [5.74, 6) is 0. The Morgan fingerprint density at radius 2 is 0.767 bits per heavy atom. The summed E-state index contributed by atoms with van der Waals surface area (Å²) in [5, 5.41) is 2.60. The average Bonchev–Trinajstić information content (AvgIpc) is 3.82. The van der Waals surface area contributed by atoms with Crippen LogP contribution in [-0.4, -0.2) is 0 Å². The minimum absolute atomic E-state index is 0.514. The molecule has 0 N–H and O–H groups in total. The molecule has 0 bridgehead atoms. The first-order valence-corrected chi connectivity index (χ1v) is 20.9. The van der Waals surface area contributed by atoms with E-state index in [9.17, 15) is 0 Å². The van der Waals surface area contributed by atoms with Crippen LogP contribution in [0.5, 0.6) is 0 Å². The normalized spacial score (nSPS) is 12.8. The Bertz CT molecular complexity index is 3170. The number of fused-ring (bicyclic) bond motifs is 6. The Morgan fingerprint density at radius 3 is 1.47 bits per heavy atom. The van der Waals surface area contributed by atoms with Gasteiger partial charge in [-0.1, -0.05) is 212 Å². The summed E-state index contributed by atoms with van der Waals surface area (Å²) >= 11 is 0. The predicted octanol–water partition coefficient (Wildman–Crippen LogP) is 15.7. The lowest BCUT2D eigenvalue weighted by Crippen LogP contribution is -2.28. The van der Waals surface area contributed by atoms with Crippen molar-refractivity contribution in [3.05, 3.63) is 259 Å². The van der Waals surface area contributed by atoms with E-state index in [-0.39, 0.29) is 0 Å². The summed E-state index contributed by atoms with van der Waals surface area (Å²) in [4.78, 5) is 2.52. The SMILES string of the molecule is c1ccc(-c2ccc(N(c3ccccc3-c3ccc4c5c(cccc35)-c3ccccc3-4)c3cccc4c3-c3ccccc3C4(c3ccccc3)c3ccccc3)cc2)cc1. The minimum atomic E-state index is -0.514. The van der Waals surface area contributed by atoms with Crippen LogP contribution in [0.1, 0.15) is 22.3 Å². The summed E-state index contributed by atoms with van der Waals surface area (Å²) in [7, 11) is 0. The molecule has 0 fully saturated rings. The summed E-state index contributed by atoms with van der Waals surface area (Å²) < 4.78 is 0. The first kappa shape index (κ1) is 34.3. The molecule has 0 radical (unpaired) electrons. The van der Waals surface area contributed by atoms with E-state index in [0.29, 0.717) is 0 Å². The lowest BCUT2D eigenvalue weighted by atomic mass is 9.68. The van der Waals surface area contributed by atoms with Crippen LogP contribution in [0.4, 0.5) is 17.1 Å². The maximum absolute atomic E-state index is 2.52. The van der Waals surface area contributed by atoms with E-state index < -0.39 is 5.41 Å². The van der Waals surface area contributed by atoms with Crippen molar-refractivity contribution in [2.45, 2.75) is 5.41 Å². The zero-order valence-corrected chi connectivity index (χ0v) is 33.0. The van der Waals surface area contributed by atoms with Gasteiger partial charge in [-0.05, 0) is 102 Å². The topological polar surface area (TPSA) is 3.24 Å². The third-order valence-corrected chi connectivity index (χ3v) is 12.9. The van der Waals surface area contributed by atoms with Crippen molar-refractivity contribution in [2.75, 3.05) is 4.90 Å². The van der Waals surface area contributed by atoms with Gasteiger partial charge in [-0.3, -0.25) is 0 Å². The van der Waals surface area contributed by atoms with Crippen LogP contribution in [0.15, 0.2) is 237 Å². The van der Waals surface area contributed by atoms with Gasteiger partial charge in [0.05, 0.1) is 16.8 Å². The second-order valence-corrected chi connectivity index (χ2v) is 15.9. The van der Waals surface area contributed by atoms with Crippen LogP contribution in [0.2, 0.25) is 0 Å². The lowest BCUT2D eigenvalue weighted by Gasteiger charge is -2.34. The largest absolute Gasteiger partial charge is 0.309 e. The van der Waals surface area contributed by atoms with Crippen LogP contribution in [0.3, 0.4) is 0 Å². The molecular weight excluding hydrogens is 723 g/mol. The Morgan fingerprint density at radius 1 is 0.283 bits per heavy atom. The molecule has 2 aliphatic carbocycles. The van der Waals surface area contributed by atoms with Gasteiger partial charge in [0.1, 0.15) is 0 Å². The molecule has 0 saturated carbocycles. The van der Waals surface area contributed by atoms with E-state index in [1.54, 1.807) is 0 Å². The number of rotatable bonds is 7. The fourth-order valence-corrected chi connectivity index (χ4v) is 10.4. The number of hydrogen-bond donors (Lipinski definition) is 0. The Balaban J connectivity index is 1.14. The predicted molar refractivity (Wildman–Crippen MR) is 251 cm³/mol. The van der Waals surface area contributed by atoms with Gasteiger partial charge in [-0.2, -0.15) is 0 Å². The van der Waals surface area contributed by atoms with Crippen LogP contribution >= 0.6 is 0 Å². The molecule has 0 unspecified atom stereocenters. The molecule has 10 aromatic carbocycles. The molecule has 0 spiro atoms. The summed E-state index contributed by atoms with van der Waals surface area (Å²) in [6, 6.07) is 87.3. The van der Waals surface area contributed by atoms with Crippen LogP contribution in [0.25, 0.3) is 66.4 Å². The van der Waals surface area contributed by atoms with Crippen molar-refractivity contribution in [1.29, 1.82) is 0 Å².